The molecule has 2 aliphatic rings. The molecule has 0 radical (unpaired) electrons. The van der Waals surface area contributed by atoms with Crippen LogP contribution in [-0.2, 0) is 34.0 Å². The molecule has 2 aliphatic heterocycles. The lowest BCUT2D eigenvalue weighted by Crippen LogP contribution is -2.36. The number of primary sulfonamides is 1. The van der Waals surface area contributed by atoms with Crippen molar-refractivity contribution >= 4 is 21.8 Å². The van der Waals surface area contributed by atoms with Gasteiger partial charge in [0.25, 0.3) is 5.91 Å². The van der Waals surface area contributed by atoms with Crippen LogP contribution in [0.25, 0.3) is 0 Å². The molecule has 0 unspecified atom stereocenters. The summed E-state index contributed by atoms with van der Waals surface area (Å²) in [6.07, 6.45) is -2.74. The number of rotatable bonds is 7. The van der Waals surface area contributed by atoms with E-state index in [1.54, 1.807) is 11.8 Å². The number of hydrogen-bond acceptors (Lipinski definition) is 6. The Kier molecular flexibility index (Phi) is 7.66. The minimum atomic E-state index is -4.52. The summed E-state index contributed by atoms with van der Waals surface area (Å²) >= 11 is 0. The number of hydrogen-bond donors (Lipinski definition) is 1. The smallest absolute Gasteiger partial charge is 0.335 e. The SMILES string of the molecule is Cc1cnn(Cc2cc(C(F)(F)F)ccc2CCC(=O)N2CC3=C(C2)CN(C(=O)c2ccc(S(N)(=O)=O)cc2F)C3)n1. The van der Waals surface area contributed by atoms with Crippen LogP contribution in [-0.4, -0.2) is 71.2 Å². The van der Waals surface area contributed by atoms with Gasteiger partial charge in [-0.2, -0.15) is 28.2 Å². The topological polar surface area (TPSA) is 131 Å². The number of amides is 2. The third kappa shape index (κ3) is 6.21. The summed E-state index contributed by atoms with van der Waals surface area (Å²) in [6.45, 7) is 2.68. The van der Waals surface area contributed by atoms with Crippen LogP contribution in [0.2, 0.25) is 0 Å². The second kappa shape index (κ2) is 10.9. The first-order valence-electron chi connectivity index (χ1n) is 12.8. The number of sulfonamides is 1. The molecule has 15 heteroatoms. The molecule has 1 aromatic heterocycles. The highest BCUT2D eigenvalue weighted by Crippen LogP contribution is 2.32. The summed E-state index contributed by atoms with van der Waals surface area (Å²) in [5, 5.41) is 13.2. The Hall–Kier alpha value is -4.11. The summed E-state index contributed by atoms with van der Waals surface area (Å²) < 4.78 is 77.4. The summed E-state index contributed by atoms with van der Waals surface area (Å²) in [5.41, 5.74) is 2.20. The van der Waals surface area contributed by atoms with E-state index in [-0.39, 0.29) is 57.0 Å². The average molecular weight is 607 g/mol. The van der Waals surface area contributed by atoms with Crippen LogP contribution in [0.4, 0.5) is 17.6 Å². The highest BCUT2D eigenvalue weighted by atomic mass is 32.2. The van der Waals surface area contributed by atoms with E-state index in [0.717, 1.165) is 35.4 Å². The molecule has 3 aromatic rings. The van der Waals surface area contributed by atoms with Crippen molar-refractivity contribution in [3.05, 3.63) is 87.5 Å². The molecular formula is C27H26F4N6O4S. The normalized spacial score (nSPS) is 15.5. The lowest BCUT2D eigenvalue weighted by Gasteiger charge is -2.23. The van der Waals surface area contributed by atoms with E-state index in [1.165, 1.54) is 22.0 Å². The minimum Gasteiger partial charge on any atom is -0.335 e. The van der Waals surface area contributed by atoms with Gasteiger partial charge in [-0.25, -0.2) is 17.9 Å². The maximum atomic E-state index is 14.5. The van der Waals surface area contributed by atoms with Gasteiger partial charge in [-0.15, -0.1) is 0 Å². The highest BCUT2D eigenvalue weighted by molar-refractivity contribution is 7.89. The largest absolute Gasteiger partial charge is 0.416 e. The molecule has 5 rings (SSSR count). The van der Waals surface area contributed by atoms with Crippen LogP contribution in [0.5, 0.6) is 0 Å². The van der Waals surface area contributed by atoms with Gasteiger partial charge in [0.15, 0.2) is 0 Å². The standard InChI is InChI=1S/C27H26F4N6O4S/c1-16-10-33-37(34-16)15-18-8-21(27(29,30)31)4-2-17(18)3-7-25(38)35-11-19-13-36(14-20(19)12-35)26(39)23-6-5-22(9-24(23)28)42(32,40)41/h2,4-6,8-10H,3,7,11-15H2,1H3,(H2,32,40,41). The van der Waals surface area contributed by atoms with Crippen molar-refractivity contribution in [2.75, 3.05) is 26.2 Å². The summed E-state index contributed by atoms with van der Waals surface area (Å²) in [5.74, 6) is -1.81. The molecule has 2 aromatic carbocycles. The summed E-state index contributed by atoms with van der Waals surface area (Å²) in [6, 6.07) is 6.28. The predicted octanol–water partition coefficient (Wildman–Crippen LogP) is 2.67. The molecule has 3 heterocycles. The number of carbonyl (C=O) groups excluding carboxylic acids is 2. The summed E-state index contributed by atoms with van der Waals surface area (Å²) in [4.78, 5) is 29.8. The van der Waals surface area contributed by atoms with E-state index in [0.29, 0.717) is 22.9 Å². The van der Waals surface area contributed by atoms with Gasteiger partial charge in [0, 0.05) is 32.6 Å². The number of nitrogens with two attached hydrogens (primary N) is 1. The van der Waals surface area contributed by atoms with Gasteiger partial charge in [0.2, 0.25) is 15.9 Å². The van der Waals surface area contributed by atoms with Crippen LogP contribution in [0, 0.1) is 12.7 Å². The van der Waals surface area contributed by atoms with E-state index in [1.807, 2.05) is 0 Å². The highest BCUT2D eigenvalue weighted by Gasteiger charge is 2.35. The zero-order chi connectivity index (χ0) is 30.4. The molecular weight excluding hydrogens is 580 g/mol. The Morgan fingerprint density at radius 2 is 1.64 bits per heavy atom. The van der Waals surface area contributed by atoms with Crippen LogP contribution in [0.15, 0.2) is 58.6 Å². The molecule has 42 heavy (non-hydrogen) atoms. The fourth-order valence-electron chi connectivity index (χ4n) is 5.12. The quantitative estimate of drug-likeness (QED) is 0.325. The van der Waals surface area contributed by atoms with Crippen molar-refractivity contribution in [3.8, 4) is 0 Å². The zero-order valence-electron chi connectivity index (χ0n) is 22.4. The van der Waals surface area contributed by atoms with Crippen LogP contribution in [0.1, 0.15) is 39.2 Å². The number of aryl methyl sites for hydroxylation is 2. The van der Waals surface area contributed by atoms with Gasteiger partial charge >= 0.3 is 6.18 Å². The Bertz CT molecular complexity index is 1700. The van der Waals surface area contributed by atoms with Crippen LogP contribution in [0.3, 0.4) is 0 Å². The first-order chi connectivity index (χ1) is 19.7. The van der Waals surface area contributed by atoms with Crippen molar-refractivity contribution in [2.24, 2.45) is 5.14 Å². The second-order valence-corrected chi connectivity index (χ2v) is 11.9. The molecule has 0 bridgehead atoms. The van der Waals surface area contributed by atoms with E-state index >= 15 is 0 Å². The van der Waals surface area contributed by atoms with Gasteiger partial charge in [-0.1, -0.05) is 6.07 Å². The Labute approximate surface area is 238 Å². The van der Waals surface area contributed by atoms with E-state index in [9.17, 15) is 35.6 Å². The lowest BCUT2D eigenvalue weighted by atomic mass is 9.99. The molecule has 222 valence electrons. The molecule has 2 amide bonds. The molecule has 10 nitrogen and oxygen atoms in total. The van der Waals surface area contributed by atoms with Gasteiger partial charge < -0.3 is 9.80 Å². The first-order valence-corrected chi connectivity index (χ1v) is 14.4. The monoisotopic (exact) mass is 606 g/mol. The molecule has 0 fully saturated rings. The van der Waals surface area contributed by atoms with Gasteiger partial charge in [0.05, 0.1) is 34.5 Å². The number of benzene rings is 2. The Balaban J connectivity index is 1.20. The van der Waals surface area contributed by atoms with Crippen molar-refractivity contribution in [3.63, 3.8) is 0 Å². The number of carbonyl (C=O) groups is 2. The van der Waals surface area contributed by atoms with Crippen molar-refractivity contribution in [1.29, 1.82) is 0 Å². The molecule has 2 N–H and O–H groups in total. The lowest BCUT2D eigenvalue weighted by molar-refractivity contribution is -0.137. The number of nitrogens with zero attached hydrogens (tertiary/aromatic N) is 5. The first kappa shape index (κ1) is 29.4. The van der Waals surface area contributed by atoms with E-state index in [2.05, 4.69) is 10.2 Å². The fraction of sp³-hybridized carbons (Fsp3) is 0.333. The second-order valence-electron chi connectivity index (χ2n) is 10.3. The van der Waals surface area contributed by atoms with Crippen molar-refractivity contribution < 1.29 is 35.6 Å². The molecule has 0 saturated heterocycles. The van der Waals surface area contributed by atoms with E-state index < -0.39 is 38.4 Å². The van der Waals surface area contributed by atoms with Crippen molar-refractivity contribution in [2.45, 2.75) is 37.4 Å². The Morgan fingerprint density at radius 3 is 2.21 bits per heavy atom. The molecule has 0 saturated carbocycles. The van der Waals surface area contributed by atoms with E-state index in [4.69, 9.17) is 5.14 Å². The fourth-order valence-corrected chi connectivity index (χ4v) is 5.65. The molecule has 0 spiro atoms. The maximum Gasteiger partial charge on any atom is 0.416 e. The number of aromatic nitrogens is 3. The average Bonchev–Trinajstić information content (AvgIpc) is 3.61. The van der Waals surface area contributed by atoms with Crippen LogP contribution < -0.4 is 5.14 Å². The minimum absolute atomic E-state index is 0.0239. The number of alkyl halides is 3. The zero-order valence-corrected chi connectivity index (χ0v) is 23.2. The van der Waals surface area contributed by atoms with Gasteiger partial charge in [-0.3, -0.25) is 9.59 Å². The third-order valence-corrected chi connectivity index (χ3v) is 8.18. The number of halogens is 4. The van der Waals surface area contributed by atoms with Gasteiger partial charge in [-0.05, 0) is 65.9 Å². The molecule has 0 atom stereocenters. The summed E-state index contributed by atoms with van der Waals surface area (Å²) in [7, 11) is -4.12. The van der Waals surface area contributed by atoms with Gasteiger partial charge in [0.1, 0.15) is 5.82 Å². The predicted molar refractivity (Wildman–Crippen MR) is 141 cm³/mol. The Morgan fingerprint density at radius 1 is 0.976 bits per heavy atom. The van der Waals surface area contributed by atoms with Crippen LogP contribution >= 0.6 is 0 Å². The third-order valence-electron chi connectivity index (χ3n) is 7.27. The maximum absolute atomic E-state index is 14.5. The van der Waals surface area contributed by atoms with Crippen molar-refractivity contribution in [1.82, 2.24) is 24.8 Å². The molecule has 0 aliphatic carbocycles.